The van der Waals surface area contributed by atoms with Crippen LogP contribution in [0.1, 0.15) is 47.2 Å². The molecular formula is C23H26BrN5O2S. The Bertz CT molecular complexity index is 1110. The maximum Gasteiger partial charge on any atom is 0.253 e. The van der Waals surface area contributed by atoms with Gasteiger partial charge in [-0.2, -0.15) is 0 Å². The lowest BCUT2D eigenvalue weighted by Crippen LogP contribution is -2.29. The number of aryl methyl sites for hydroxylation is 2. The van der Waals surface area contributed by atoms with Crippen molar-refractivity contribution >= 4 is 45.2 Å². The molecule has 0 bridgehead atoms. The van der Waals surface area contributed by atoms with Crippen LogP contribution in [0.4, 0.5) is 5.69 Å². The number of hydrogen-bond donors (Lipinski definition) is 2. The molecule has 0 saturated carbocycles. The van der Waals surface area contributed by atoms with Gasteiger partial charge in [0.25, 0.3) is 5.91 Å². The van der Waals surface area contributed by atoms with E-state index in [9.17, 15) is 9.59 Å². The Hall–Kier alpha value is -2.65. The Kier molecular flexibility index (Phi) is 8.09. The van der Waals surface area contributed by atoms with Crippen LogP contribution in [0.15, 0.2) is 52.1 Å². The number of anilines is 1. The predicted molar refractivity (Wildman–Crippen MR) is 131 cm³/mol. The molecule has 0 aliphatic heterocycles. The first-order valence-electron chi connectivity index (χ1n) is 10.3. The summed E-state index contributed by atoms with van der Waals surface area (Å²) < 4.78 is 2.65. The van der Waals surface area contributed by atoms with Gasteiger partial charge in [0.1, 0.15) is 0 Å². The fraction of sp³-hybridized carbons (Fsp3) is 0.304. The van der Waals surface area contributed by atoms with Crippen LogP contribution in [-0.4, -0.2) is 32.3 Å². The number of benzene rings is 2. The highest BCUT2D eigenvalue weighted by Gasteiger charge is 2.21. The first kappa shape index (κ1) is 24.0. The maximum absolute atomic E-state index is 12.6. The number of carbonyl (C=O) groups excluding carboxylic acids is 2. The molecule has 2 N–H and O–H groups in total. The van der Waals surface area contributed by atoms with Crippen LogP contribution in [0.25, 0.3) is 0 Å². The fourth-order valence-corrected chi connectivity index (χ4v) is 4.66. The molecule has 32 heavy (non-hydrogen) atoms. The van der Waals surface area contributed by atoms with E-state index in [0.717, 1.165) is 21.3 Å². The van der Waals surface area contributed by atoms with E-state index in [2.05, 4.69) is 42.8 Å². The lowest BCUT2D eigenvalue weighted by molar-refractivity contribution is -0.113. The van der Waals surface area contributed by atoms with Gasteiger partial charge in [-0.3, -0.25) is 9.59 Å². The molecule has 0 spiro atoms. The molecule has 1 aromatic heterocycles. The average molecular weight is 516 g/mol. The van der Waals surface area contributed by atoms with E-state index < -0.39 is 0 Å². The minimum Gasteiger partial charge on any atom is -0.342 e. The third-order valence-corrected chi connectivity index (χ3v) is 6.41. The molecule has 0 saturated heterocycles. The Morgan fingerprint density at radius 3 is 2.47 bits per heavy atom. The number of nitrogens with one attached hydrogen (secondary N) is 2. The van der Waals surface area contributed by atoms with Crippen LogP contribution >= 0.6 is 27.7 Å². The van der Waals surface area contributed by atoms with E-state index in [1.807, 2.05) is 62.6 Å². The third kappa shape index (κ3) is 5.98. The number of carbonyl (C=O) groups is 2. The molecular weight excluding hydrogens is 490 g/mol. The minimum absolute atomic E-state index is 0.109. The van der Waals surface area contributed by atoms with Gasteiger partial charge in [0, 0.05) is 16.7 Å². The number of thioether (sulfide) groups is 1. The van der Waals surface area contributed by atoms with E-state index in [-0.39, 0.29) is 23.6 Å². The highest BCUT2D eigenvalue weighted by Crippen LogP contribution is 2.22. The summed E-state index contributed by atoms with van der Waals surface area (Å²) in [6.07, 6.45) is 0. The van der Waals surface area contributed by atoms with Crippen LogP contribution in [-0.2, 0) is 11.3 Å². The Morgan fingerprint density at radius 2 is 1.81 bits per heavy atom. The van der Waals surface area contributed by atoms with E-state index in [1.165, 1.54) is 11.8 Å². The first-order chi connectivity index (χ1) is 15.3. The normalized spacial score (nSPS) is 11.8. The van der Waals surface area contributed by atoms with Crippen molar-refractivity contribution in [2.45, 2.75) is 45.4 Å². The highest BCUT2D eigenvalue weighted by molar-refractivity contribution is 9.10. The van der Waals surface area contributed by atoms with Crippen LogP contribution in [0, 0.1) is 13.8 Å². The van der Waals surface area contributed by atoms with E-state index in [4.69, 9.17) is 0 Å². The van der Waals surface area contributed by atoms with Gasteiger partial charge in [-0.05, 0) is 79.0 Å². The topological polar surface area (TPSA) is 88.9 Å². The number of halogens is 1. The van der Waals surface area contributed by atoms with Crippen molar-refractivity contribution in [3.8, 4) is 0 Å². The van der Waals surface area contributed by atoms with Crippen molar-refractivity contribution in [2.24, 2.45) is 0 Å². The Labute approximate surface area is 200 Å². The Balaban J connectivity index is 1.64. The first-order valence-corrected chi connectivity index (χ1v) is 12.1. The molecule has 0 fully saturated rings. The van der Waals surface area contributed by atoms with Crippen molar-refractivity contribution in [2.75, 3.05) is 11.1 Å². The van der Waals surface area contributed by atoms with E-state index >= 15 is 0 Å². The second kappa shape index (κ2) is 10.8. The van der Waals surface area contributed by atoms with Crippen LogP contribution < -0.4 is 10.6 Å². The Morgan fingerprint density at radius 1 is 1.12 bits per heavy atom. The van der Waals surface area contributed by atoms with Crippen molar-refractivity contribution in [1.29, 1.82) is 0 Å². The lowest BCUT2D eigenvalue weighted by Gasteiger charge is -2.15. The zero-order valence-electron chi connectivity index (χ0n) is 18.5. The molecule has 7 nitrogen and oxygen atoms in total. The van der Waals surface area contributed by atoms with E-state index in [0.29, 0.717) is 23.1 Å². The largest absolute Gasteiger partial charge is 0.342 e. The summed E-state index contributed by atoms with van der Waals surface area (Å²) in [6.45, 7) is 8.47. The molecule has 1 atom stereocenters. The zero-order chi connectivity index (χ0) is 23.3. The van der Waals surface area contributed by atoms with Crippen molar-refractivity contribution in [3.05, 3.63) is 69.5 Å². The molecule has 3 rings (SSSR count). The van der Waals surface area contributed by atoms with Crippen LogP contribution in [0.2, 0.25) is 0 Å². The summed E-state index contributed by atoms with van der Waals surface area (Å²) in [4.78, 5) is 25.1. The molecule has 0 radical (unpaired) electrons. The summed E-state index contributed by atoms with van der Waals surface area (Å²) in [5.74, 6) is 0.549. The van der Waals surface area contributed by atoms with Crippen molar-refractivity contribution in [3.63, 3.8) is 0 Å². The van der Waals surface area contributed by atoms with Crippen molar-refractivity contribution < 1.29 is 9.59 Å². The van der Waals surface area contributed by atoms with Gasteiger partial charge < -0.3 is 15.2 Å². The summed E-state index contributed by atoms with van der Waals surface area (Å²) in [7, 11) is 0. The molecule has 1 heterocycles. The van der Waals surface area contributed by atoms with Gasteiger partial charge in [0.2, 0.25) is 5.91 Å². The SMILES string of the molecule is CCn1c(SCC(=O)Nc2cc(C)cc(C)c2)nnc1[C@@H](C)NC(=O)c1ccccc1Br. The molecule has 0 aliphatic carbocycles. The third-order valence-electron chi connectivity index (χ3n) is 4.75. The summed E-state index contributed by atoms with van der Waals surface area (Å²) in [5, 5.41) is 15.1. The zero-order valence-corrected chi connectivity index (χ0v) is 20.9. The van der Waals surface area contributed by atoms with Crippen LogP contribution in [0.5, 0.6) is 0 Å². The van der Waals surface area contributed by atoms with Gasteiger partial charge in [0.05, 0.1) is 17.4 Å². The lowest BCUT2D eigenvalue weighted by atomic mass is 10.1. The minimum atomic E-state index is -0.347. The second-order valence-electron chi connectivity index (χ2n) is 7.47. The number of rotatable bonds is 8. The van der Waals surface area contributed by atoms with Gasteiger partial charge in [-0.25, -0.2) is 0 Å². The van der Waals surface area contributed by atoms with Gasteiger partial charge >= 0.3 is 0 Å². The average Bonchev–Trinajstić information content (AvgIpc) is 3.14. The molecule has 0 unspecified atom stereocenters. The predicted octanol–water partition coefficient (Wildman–Crippen LogP) is 4.90. The van der Waals surface area contributed by atoms with Gasteiger partial charge in [-0.15, -0.1) is 10.2 Å². The summed E-state index contributed by atoms with van der Waals surface area (Å²) >= 11 is 4.73. The molecule has 0 aliphatic rings. The molecule has 2 aromatic carbocycles. The molecule has 3 aromatic rings. The number of nitrogens with zero attached hydrogens (tertiary/aromatic N) is 3. The number of aromatic nitrogens is 3. The summed E-state index contributed by atoms with van der Waals surface area (Å²) in [6, 6.07) is 12.9. The fourth-order valence-electron chi connectivity index (χ4n) is 3.38. The second-order valence-corrected chi connectivity index (χ2v) is 9.27. The quantitative estimate of drug-likeness (QED) is 0.416. The highest BCUT2D eigenvalue weighted by atomic mass is 79.9. The smallest absolute Gasteiger partial charge is 0.253 e. The van der Waals surface area contributed by atoms with Crippen molar-refractivity contribution in [1.82, 2.24) is 20.1 Å². The van der Waals surface area contributed by atoms with Gasteiger partial charge in [-0.1, -0.05) is 30.0 Å². The number of amides is 2. The maximum atomic E-state index is 12.6. The standard InChI is InChI=1S/C23H26BrN5O2S/c1-5-29-21(16(4)25-22(31)18-8-6-7-9-19(18)24)27-28-23(29)32-13-20(30)26-17-11-14(2)10-15(3)12-17/h6-12,16H,5,13H2,1-4H3,(H,25,31)(H,26,30)/t16-/m1/s1. The van der Waals surface area contributed by atoms with Crippen LogP contribution in [0.3, 0.4) is 0 Å². The van der Waals surface area contributed by atoms with E-state index in [1.54, 1.807) is 6.07 Å². The molecule has 168 valence electrons. The summed E-state index contributed by atoms with van der Waals surface area (Å²) in [5.41, 5.74) is 3.54. The monoisotopic (exact) mass is 515 g/mol. The number of hydrogen-bond acceptors (Lipinski definition) is 5. The molecule has 9 heteroatoms. The van der Waals surface area contributed by atoms with Gasteiger partial charge in [0.15, 0.2) is 11.0 Å². The molecule has 2 amide bonds.